The molecule has 4 nitrogen and oxygen atoms in total. The third kappa shape index (κ3) is 3.48. The van der Waals surface area contributed by atoms with Gasteiger partial charge in [-0.15, -0.1) is 0 Å². The minimum atomic E-state index is -0.155. The van der Waals surface area contributed by atoms with Crippen LogP contribution < -0.4 is 5.32 Å². The van der Waals surface area contributed by atoms with E-state index in [-0.39, 0.29) is 12.0 Å². The van der Waals surface area contributed by atoms with Gasteiger partial charge in [-0.05, 0) is 51.5 Å². The number of carbonyl (C=O) groups is 1. The topological polar surface area (TPSA) is 41.6 Å². The van der Waals surface area contributed by atoms with Crippen LogP contribution in [0.3, 0.4) is 0 Å². The monoisotopic (exact) mass is 266 g/mol. The maximum Gasteiger partial charge on any atom is 0.252 e. The average Bonchev–Trinajstić information content (AvgIpc) is 3.31. The summed E-state index contributed by atoms with van der Waals surface area (Å²) in [4.78, 5) is 14.8. The van der Waals surface area contributed by atoms with Gasteiger partial charge in [0.25, 0.3) is 5.91 Å². The molecule has 2 saturated heterocycles. The van der Waals surface area contributed by atoms with Crippen molar-refractivity contribution in [2.45, 2.75) is 69.6 Å². The van der Waals surface area contributed by atoms with Crippen LogP contribution in [0.25, 0.3) is 0 Å². The number of ether oxygens (including phenoxy) is 1. The molecular formula is C15H26N2O2. The summed E-state index contributed by atoms with van der Waals surface area (Å²) in [7, 11) is 0. The molecule has 0 bridgehead atoms. The van der Waals surface area contributed by atoms with Crippen molar-refractivity contribution in [2.75, 3.05) is 19.7 Å². The molecular weight excluding hydrogens is 240 g/mol. The zero-order valence-electron chi connectivity index (χ0n) is 11.8. The number of amides is 1. The van der Waals surface area contributed by atoms with Crippen LogP contribution in [0.1, 0.15) is 51.4 Å². The molecule has 3 fully saturated rings. The highest BCUT2D eigenvalue weighted by Crippen LogP contribution is 2.29. The normalized spacial score (nSPS) is 32.0. The molecule has 1 amide bonds. The van der Waals surface area contributed by atoms with E-state index in [0.717, 1.165) is 39.0 Å². The SMILES string of the molecule is O=C(C1CCCCO1)N(CC1CCCCN1)C1CC1. The van der Waals surface area contributed by atoms with Gasteiger partial charge in [-0.25, -0.2) is 0 Å². The number of rotatable bonds is 4. The average molecular weight is 266 g/mol. The van der Waals surface area contributed by atoms with Crippen LogP contribution in [0.2, 0.25) is 0 Å². The smallest absolute Gasteiger partial charge is 0.252 e. The minimum absolute atomic E-state index is 0.155. The lowest BCUT2D eigenvalue weighted by atomic mass is 10.0. The first-order valence-electron chi connectivity index (χ1n) is 8.00. The second-order valence-electron chi connectivity index (χ2n) is 6.22. The molecule has 0 aromatic carbocycles. The molecule has 19 heavy (non-hydrogen) atoms. The highest BCUT2D eigenvalue weighted by atomic mass is 16.5. The molecule has 4 heteroatoms. The van der Waals surface area contributed by atoms with Gasteiger partial charge in [-0.1, -0.05) is 6.42 Å². The van der Waals surface area contributed by atoms with E-state index in [0.29, 0.717) is 12.1 Å². The quantitative estimate of drug-likeness (QED) is 0.842. The van der Waals surface area contributed by atoms with Crippen LogP contribution in [0.4, 0.5) is 0 Å². The van der Waals surface area contributed by atoms with E-state index in [9.17, 15) is 4.79 Å². The highest BCUT2D eigenvalue weighted by molar-refractivity contribution is 5.81. The Morgan fingerprint density at radius 3 is 2.58 bits per heavy atom. The Balaban J connectivity index is 1.57. The van der Waals surface area contributed by atoms with Crippen molar-refractivity contribution in [1.82, 2.24) is 10.2 Å². The standard InChI is InChI=1S/C15H26N2O2/c18-15(14-6-2-4-10-19-14)17(13-7-8-13)11-12-5-1-3-9-16-12/h12-14,16H,1-11H2. The molecule has 2 aliphatic heterocycles. The molecule has 0 aromatic heterocycles. The van der Waals surface area contributed by atoms with E-state index in [2.05, 4.69) is 10.2 Å². The van der Waals surface area contributed by atoms with Gasteiger partial charge < -0.3 is 15.0 Å². The zero-order valence-corrected chi connectivity index (χ0v) is 11.8. The molecule has 108 valence electrons. The predicted octanol–water partition coefficient (Wildman–Crippen LogP) is 1.69. The third-order valence-corrected chi connectivity index (χ3v) is 4.56. The summed E-state index contributed by atoms with van der Waals surface area (Å²) in [5.74, 6) is 0.259. The van der Waals surface area contributed by atoms with Crippen molar-refractivity contribution in [3.8, 4) is 0 Å². The lowest BCUT2D eigenvalue weighted by Gasteiger charge is -2.34. The molecule has 2 unspecified atom stereocenters. The number of nitrogens with zero attached hydrogens (tertiary/aromatic N) is 1. The summed E-state index contributed by atoms with van der Waals surface area (Å²) in [6.07, 6.45) is 9.16. The molecule has 3 rings (SSSR count). The fourth-order valence-corrected chi connectivity index (χ4v) is 3.24. The Morgan fingerprint density at radius 2 is 1.95 bits per heavy atom. The number of nitrogens with one attached hydrogen (secondary N) is 1. The Kier molecular flexibility index (Phi) is 4.38. The van der Waals surface area contributed by atoms with Gasteiger partial charge in [0.05, 0.1) is 0 Å². The summed E-state index contributed by atoms with van der Waals surface area (Å²) in [5, 5.41) is 3.56. The molecule has 0 spiro atoms. The Labute approximate surface area is 115 Å². The highest BCUT2D eigenvalue weighted by Gasteiger charge is 2.37. The number of piperidine rings is 1. The first-order valence-corrected chi connectivity index (χ1v) is 8.00. The van der Waals surface area contributed by atoms with Gasteiger partial charge in [0.1, 0.15) is 6.10 Å². The van der Waals surface area contributed by atoms with Crippen molar-refractivity contribution in [3.63, 3.8) is 0 Å². The van der Waals surface area contributed by atoms with Gasteiger partial charge >= 0.3 is 0 Å². The van der Waals surface area contributed by atoms with Crippen LogP contribution in [-0.4, -0.2) is 48.7 Å². The largest absolute Gasteiger partial charge is 0.368 e. The predicted molar refractivity (Wildman–Crippen MR) is 74.0 cm³/mol. The Hall–Kier alpha value is -0.610. The van der Waals surface area contributed by atoms with E-state index >= 15 is 0 Å². The van der Waals surface area contributed by atoms with Gasteiger partial charge in [-0.2, -0.15) is 0 Å². The molecule has 1 N–H and O–H groups in total. The van der Waals surface area contributed by atoms with E-state index in [1.807, 2.05) is 0 Å². The zero-order chi connectivity index (χ0) is 13.1. The molecule has 0 radical (unpaired) electrons. The fourth-order valence-electron chi connectivity index (χ4n) is 3.24. The van der Waals surface area contributed by atoms with Gasteiger partial charge in [0.15, 0.2) is 0 Å². The van der Waals surface area contributed by atoms with Crippen LogP contribution >= 0.6 is 0 Å². The maximum absolute atomic E-state index is 12.6. The molecule has 1 aliphatic carbocycles. The van der Waals surface area contributed by atoms with Crippen LogP contribution in [-0.2, 0) is 9.53 Å². The molecule has 3 aliphatic rings. The summed E-state index contributed by atoms with van der Waals surface area (Å²) >= 11 is 0. The first-order chi connectivity index (χ1) is 9.34. The summed E-state index contributed by atoms with van der Waals surface area (Å²) in [5.41, 5.74) is 0. The Bertz CT molecular complexity index is 305. The van der Waals surface area contributed by atoms with Crippen molar-refractivity contribution in [1.29, 1.82) is 0 Å². The number of hydrogen-bond donors (Lipinski definition) is 1. The molecule has 0 aromatic rings. The second-order valence-corrected chi connectivity index (χ2v) is 6.22. The van der Waals surface area contributed by atoms with Crippen LogP contribution in [0.5, 0.6) is 0 Å². The van der Waals surface area contributed by atoms with E-state index in [1.165, 1.54) is 32.1 Å². The van der Waals surface area contributed by atoms with E-state index < -0.39 is 0 Å². The maximum atomic E-state index is 12.6. The summed E-state index contributed by atoms with van der Waals surface area (Å²) in [6, 6.07) is 1.00. The lowest BCUT2D eigenvalue weighted by Crippen LogP contribution is -2.50. The number of carbonyl (C=O) groups excluding carboxylic acids is 1. The van der Waals surface area contributed by atoms with Crippen molar-refractivity contribution in [2.24, 2.45) is 0 Å². The summed E-state index contributed by atoms with van der Waals surface area (Å²) < 4.78 is 5.68. The van der Waals surface area contributed by atoms with Crippen LogP contribution in [0, 0.1) is 0 Å². The fraction of sp³-hybridized carbons (Fsp3) is 0.933. The molecule has 2 heterocycles. The number of hydrogen-bond acceptors (Lipinski definition) is 3. The minimum Gasteiger partial charge on any atom is -0.368 e. The third-order valence-electron chi connectivity index (χ3n) is 4.56. The summed E-state index contributed by atoms with van der Waals surface area (Å²) in [6.45, 7) is 2.76. The molecule has 2 atom stereocenters. The molecule has 1 saturated carbocycles. The van der Waals surface area contributed by atoms with Crippen molar-refractivity contribution < 1.29 is 9.53 Å². The van der Waals surface area contributed by atoms with Crippen molar-refractivity contribution in [3.05, 3.63) is 0 Å². The van der Waals surface area contributed by atoms with E-state index in [4.69, 9.17) is 4.74 Å². The van der Waals surface area contributed by atoms with Gasteiger partial charge in [-0.3, -0.25) is 4.79 Å². The van der Waals surface area contributed by atoms with Crippen LogP contribution in [0.15, 0.2) is 0 Å². The van der Waals surface area contributed by atoms with Crippen molar-refractivity contribution >= 4 is 5.91 Å². The van der Waals surface area contributed by atoms with Gasteiger partial charge in [0, 0.05) is 25.2 Å². The van der Waals surface area contributed by atoms with E-state index in [1.54, 1.807) is 0 Å². The Morgan fingerprint density at radius 1 is 1.11 bits per heavy atom. The van der Waals surface area contributed by atoms with Gasteiger partial charge in [0.2, 0.25) is 0 Å². The first kappa shape index (κ1) is 13.4. The lowest BCUT2D eigenvalue weighted by molar-refractivity contribution is -0.147. The second kappa shape index (κ2) is 6.23.